The van der Waals surface area contributed by atoms with Crippen molar-refractivity contribution in [2.45, 2.75) is 49.3 Å². The number of methoxy groups -OCH3 is 1. The molecule has 1 heterocycles. The summed E-state index contributed by atoms with van der Waals surface area (Å²) in [4.78, 5) is 0.979. The summed E-state index contributed by atoms with van der Waals surface area (Å²) in [5.74, 6) is 0.844. The second kappa shape index (κ2) is 6.53. The zero-order chi connectivity index (χ0) is 13.8. The zero-order valence-corrected chi connectivity index (χ0v) is 12.8. The highest BCUT2D eigenvalue weighted by molar-refractivity contribution is 7.86. The van der Waals surface area contributed by atoms with E-state index in [0.29, 0.717) is 0 Å². The Labute approximate surface area is 118 Å². The lowest BCUT2D eigenvalue weighted by atomic mass is 10.0. The average Bonchev–Trinajstić information content (AvgIpc) is 2.69. The van der Waals surface area contributed by atoms with E-state index in [9.17, 15) is 4.21 Å². The fourth-order valence-corrected chi connectivity index (χ4v) is 4.55. The summed E-state index contributed by atoms with van der Waals surface area (Å²) < 4.78 is 17.9. The van der Waals surface area contributed by atoms with Crippen molar-refractivity contribution in [2.24, 2.45) is 0 Å². The molecule has 106 valence electrons. The maximum absolute atomic E-state index is 12.6. The van der Waals surface area contributed by atoms with E-state index >= 15 is 0 Å². The molecule has 4 heteroatoms. The molecule has 0 bridgehead atoms. The van der Waals surface area contributed by atoms with E-state index in [1.807, 2.05) is 18.2 Å². The summed E-state index contributed by atoms with van der Waals surface area (Å²) >= 11 is 0. The van der Waals surface area contributed by atoms with Crippen LogP contribution in [0.4, 0.5) is 0 Å². The topological polar surface area (TPSA) is 38.3 Å². The third kappa shape index (κ3) is 2.84. The third-order valence-corrected chi connectivity index (χ3v) is 5.47. The van der Waals surface area contributed by atoms with Crippen molar-refractivity contribution in [3.8, 4) is 5.75 Å². The maximum Gasteiger partial charge on any atom is 0.119 e. The quantitative estimate of drug-likeness (QED) is 0.871. The Morgan fingerprint density at radius 2 is 2.11 bits per heavy atom. The van der Waals surface area contributed by atoms with Crippen LogP contribution < -0.4 is 10.1 Å². The van der Waals surface area contributed by atoms with Crippen LogP contribution in [0.1, 0.15) is 44.7 Å². The highest BCUT2D eigenvalue weighted by Gasteiger charge is 2.37. The molecule has 0 aromatic heterocycles. The first-order valence-corrected chi connectivity index (χ1v) is 8.26. The van der Waals surface area contributed by atoms with Crippen molar-refractivity contribution >= 4 is 10.8 Å². The van der Waals surface area contributed by atoms with Crippen LogP contribution in [0.25, 0.3) is 0 Å². The van der Waals surface area contributed by atoms with Crippen molar-refractivity contribution in [1.29, 1.82) is 0 Å². The molecule has 3 nitrogen and oxygen atoms in total. The van der Waals surface area contributed by atoms with E-state index in [-0.39, 0.29) is 11.3 Å². The molecule has 0 saturated heterocycles. The molecule has 1 aromatic rings. The molecule has 19 heavy (non-hydrogen) atoms. The summed E-state index contributed by atoms with van der Waals surface area (Å²) in [6, 6.07) is 6.10. The van der Waals surface area contributed by atoms with Gasteiger partial charge in [0.25, 0.3) is 0 Å². The molecule has 1 aromatic carbocycles. The molecule has 3 atom stereocenters. The highest BCUT2D eigenvalue weighted by Crippen LogP contribution is 2.40. The number of benzene rings is 1. The lowest BCUT2D eigenvalue weighted by Crippen LogP contribution is -2.30. The average molecular weight is 281 g/mol. The molecule has 0 saturated carbocycles. The van der Waals surface area contributed by atoms with Crippen LogP contribution in [-0.2, 0) is 10.8 Å². The van der Waals surface area contributed by atoms with Crippen LogP contribution in [0.2, 0.25) is 0 Å². The van der Waals surface area contributed by atoms with Gasteiger partial charge in [0.15, 0.2) is 0 Å². The second-order valence-electron chi connectivity index (χ2n) is 4.96. The second-order valence-corrected chi connectivity index (χ2v) is 6.60. The summed E-state index contributed by atoms with van der Waals surface area (Å²) in [6.07, 6.45) is 3.14. The first kappa shape index (κ1) is 14.5. The van der Waals surface area contributed by atoms with E-state index in [2.05, 4.69) is 19.2 Å². The van der Waals surface area contributed by atoms with Crippen LogP contribution in [0, 0.1) is 0 Å². The molecule has 0 amide bonds. The summed E-state index contributed by atoms with van der Waals surface area (Å²) in [5, 5.41) is 3.75. The Hall–Kier alpha value is -0.870. The van der Waals surface area contributed by atoms with E-state index in [1.165, 1.54) is 0 Å². The van der Waals surface area contributed by atoms with Gasteiger partial charge in [-0.3, -0.25) is 4.21 Å². The Morgan fingerprint density at radius 3 is 2.74 bits per heavy atom. The first-order valence-electron chi connectivity index (χ1n) is 7.04. The van der Waals surface area contributed by atoms with E-state index in [0.717, 1.165) is 42.0 Å². The molecule has 0 spiro atoms. The van der Waals surface area contributed by atoms with Gasteiger partial charge in [0, 0.05) is 10.9 Å². The predicted molar refractivity (Wildman–Crippen MR) is 79.1 cm³/mol. The summed E-state index contributed by atoms with van der Waals surface area (Å²) in [7, 11) is 0.775. The Kier molecular flexibility index (Phi) is 4.99. The van der Waals surface area contributed by atoms with Gasteiger partial charge in [0.2, 0.25) is 0 Å². The van der Waals surface area contributed by atoms with Gasteiger partial charge in [-0.2, -0.15) is 0 Å². The van der Waals surface area contributed by atoms with E-state index < -0.39 is 10.8 Å². The molecule has 0 radical (unpaired) electrons. The first-order chi connectivity index (χ1) is 9.22. The zero-order valence-electron chi connectivity index (χ0n) is 11.9. The minimum absolute atomic E-state index is 0.193. The number of hydrogen-bond donors (Lipinski definition) is 1. The largest absolute Gasteiger partial charge is 0.497 e. The van der Waals surface area contributed by atoms with E-state index in [1.54, 1.807) is 7.11 Å². The van der Waals surface area contributed by atoms with Crippen LogP contribution in [0.3, 0.4) is 0 Å². The molecular weight excluding hydrogens is 258 g/mol. The number of ether oxygens (including phenoxy) is 1. The predicted octanol–water partition coefficient (Wildman–Crippen LogP) is 3.03. The van der Waals surface area contributed by atoms with Gasteiger partial charge in [0.05, 0.1) is 23.2 Å². The number of fused-ring (bicyclic) bond motifs is 1. The Bertz CT molecular complexity index is 461. The lowest BCUT2D eigenvalue weighted by Gasteiger charge is -2.20. The fraction of sp³-hybridized carbons (Fsp3) is 0.600. The third-order valence-electron chi connectivity index (χ3n) is 3.60. The number of rotatable bonds is 6. The molecule has 1 aliphatic heterocycles. The summed E-state index contributed by atoms with van der Waals surface area (Å²) in [6.45, 7) is 5.26. The SMILES string of the molecule is CCCNC1c2cc(OC)ccc2S(=O)C1CCC. The maximum atomic E-state index is 12.6. The van der Waals surface area contributed by atoms with Gasteiger partial charge in [-0.05, 0) is 43.1 Å². The Morgan fingerprint density at radius 1 is 1.32 bits per heavy atom. The van der Waals surface area contributed by atoms with Crippen molar-refractivity contribution in [3.63, 3.8) is 0 Å². The molecule has 0 aliphatic carbocycles. The minimum atomic E-state index is -0.897. The van der Waals surface area contributed by atoms with Crippen LogP contribution in [0.15, 0.2) is 23.1 Å². The van der Waals surface area contributed by atoms with Crippen molar-refractivity contribution in [3.05, 3.63) is 23.8 Å². The van der Waals surface area contributed by atoms with Crippen LogP contribution in [-0.4, -0.2) is 23.1 Å². The molecule has 1 aliphatic rings. The van der Waals surface area contributed by atoms with Crippen LogP contribution in [0.5, 0.6) is 5.75 Å². The van der Waals surface area contributed by atoms with Gasteiger partial charge in [-0.1, -0.05) is 20.3 Å². The van der Waals surface area contributed by atoms with E-state index in [4.69, 9.17) is 4.74 Å². The van der Waals surface area contributed by atoms with Crippen molar-refractivity contribution in [1.82, 2.24) is 5.32 Å². The fourth-order valence-electron chi connectivity index (χ4n) is 2.67. The number of hydrogen-bond acceptors (Lipinski definition) is 3. The normalized spacial score (nSPS) is 25.3. The molecule has 3 unspecified atom stereocenters. The van der Waals surface area contributed by atoms with Gasteiger partial charge >= 0.3 is 0 Å². The standard InChI is InChI=1S/C15H23NO2S/c1-4-6-14-15(16-9-5-2)12-10-11(18-3)7-8-13(12)19(14)17/h7-8,10,14-16H,4-6,9H2,1-3H3. The van der Waals surface area contributed by atoms with Gasteiger partial charge < -0.3 is 10.1 Å². The van der Waals surface area contributed by atoms with Gasteiger partial charge in [-0.15, -0.1) is 0 Å². The molecule has 0 fully saturated rings. The smallest absolute Gasteiger partial charge is 0.119 e. The molecule has 2 rings (SSSR count). The van der Waals surface area contributed by atoms with Crippen molar-refractivity contribution in [2.75, 3.05) is 13.7 Å². The Balaban J connectivity index is 2.34. The molecular formula is C15H23NO2S. The number of nitrogens with one attached hydrogen (secondary N) is 1. The van der Waals surface area contributed by atoms with Crippen molar-refractivity contribution < 1.29 is 8.95 Å². The van der Waals surface area contributed by atoms with Crippen LogP contribution >= 0.6 is 0 Å². The monoisotopic (exact) mass is 281 g/mol. The summed E-state index contributed by atoms with van der Waals surface area (Å²) in [5.41, 5.74) is 1.16. The van der Waals surface area contributed by atoms with Gasteiger partial charge in [-0.25, -0.2) is 0 Å². The minimum Gasteiger partial charge on any atom is -0.497 e. The lowest BCUT2D eigenvalue weighted by molar-refractivity contribution is 0.412. The highest BCUT2D eigenvalue weighted by atomic mass is 32.2. The molecule has 1 N–H and O–H groups in total. The van der Waals surface area contributed by atoms with Gasteiger partial charge in [0.1, 0.15) is 5.75 Å².